The Morgan fingerprint density at radius 2 is 1.94 bits per heavy atom. The zero-order chi connectivity index (χ0) is 22.5. The third-order valence-electron chi connectivity index (χ3n) is 5.24. The number of hydrogen-bond donors (Lipinski definition) is 2. The number of carbonyl (C=O) groups is 2. The summed E-state index contributed by atoms with van der Waals surface area (Å²) in [6, 6.07) is 9.08. The number of methoxy groups -OCH3 is 1. The predicted molar refractivity (Wildman–Crippen MR) is 114 cm³/mol. The molecule has 0 saturated heterocycles. The van der Waals surface area contributed by atoms with Gasteiger partial charge in [0.15, 0.2) is 12.3 Å². The van der Waals surface area contributed by atoms with E-state index in [0.717, 1.165) is 16.9 Å². The van der Waals surface area contributed by atoms with Crippen LogP contribution in [0.5, 0.6) is 0 Å². The molecule has 31 heavy (non-hydrogen) atoms. The number of aromatic amines is 1. The van der Waals surface area contributed by atoms with Crippen molar-refractivity contribution in [2.45, 2.75) is 19.9 Å². The molecule has 0 unspecified atom stereocenters. The largest absolute Gasteiger partial charge is 0.455 e. The highest BCUT2D eigenvalue weighted by Crippen LogP contribution is 2.38. The lowest BCUT2D eigenvalue weighted by atomic mass is 10.2. The number of nitrogens with one attached hydrogen (secondary N) is 1. The molecular formula is C21H26N4O6. The Balaban J connectivity index is 1.89. The summed E-state index contributed by atoms with van der Waals surface area (Å²) < 4.78 is 11.3. The average molecular weight is 430 g/mol. The number of H-pyrrole nitrogens is 1. The quantitative estimate of drug-likeness (QED) is 0.548. The van der Waals surface area contributed by atoms with E-state index in [1.54, 1.807) is 0 Å². The van der Waals surface area contributed by atoms with Gasteiger partial charge < -0.3 is 15.2 Å². The lowest BCUT2D eigenvalue weighted by Crippen LogP contribution is -2.44. The maximum Gasteiger partial charge on any atom is 0.330 e. The fourth-order valence-corrected chi connectivity index (χ4v) is 3.27. The Hall–Kier alpha value is -3.40. The van der Waals surface area contributed by atoms with Crippen molar-refractivity contribution in [2.24, 2.45) is 11.8 Å². The Morgan fingerprint density at radius 1 is 1.26 bits per heavy atom. The van der Waals surface area contributed by atoms with E-state index in [0.29, 0.717) is 0 Å². The van der Waals surface area contributed by atoms with Gasteiger partial charge in [0.25, 0.3) is 11.5 Å². The second-order valence-corrected chi connectivity index (χ2v) is 7.53. The second kappa shape index (κ2) is 9.61. The first-order chi connectivity index (χ1) is 14.8. The summed E-state index contributed by atoms with van der Waals surface area (Å²) in [7, 11) is 1.45. The van der Waals surface area contributed by atoms with Crippen molar-refractivity contribution in [1.82, 2.24) is 9.55 Å². The number of carbonyl (C=O) groups excluding carboxylic acids is 2. The lowest BCUT2D eigenvalue weighted by Gasteiger charge is -2.24. The van der Waals surface area contributed by atoms with Crippen LogP contribution in [0, 0.1) is 11.8 Å². The van der Waals surface area contributed by atoms with Crippen LogP contribution in [0.4, 0.5) is 11.5 Å². The lowest BCUT2D eigenvalue weighted by molar-refractivity contribution is -0.149. The maximum atomic E-state index is 12.8. The fourth-order valence-electron chi connectivity index (χ4n) is 3.27. The summed E-state index contributed by atoms with van der Waals surface area (Å²) in [5.74, 6) is -1.19. The van der Waals surface area contributed by atoms with Gasteiger partial charge in [0.05, 0.1) is 19.1 Å². The smallest absolute Gasteiger partial charge is 0.330 e. The zero-order valence-corrected chi connectivity index (χ0v) is 17.5. The molecule has 1 saturated carbocycles. The minimum Gasteiger partial charge on any atom is -0.455 e. The van der Waals surface area contributed by atoms with Gasteiger partial charge in [0.2, 0.25) is 0 Å². The van der Waals surface area contributed by atoms with Gasteiger partial charge in [-0.05, 0) is 17.9 Å². The molecule has 2 atom stereocenters. The third kappa shape index (κ3) is 5.21. The van der Waals surface area contributed by atoms with Crippen molar-refractivity contribution in [3.8, 4) is 0 Å². The molecule has 0 radical (unpaired) electrons. The van der Waals surface area contributed by atoms with E-state index in [4.69, 9.17) is 15.2 Å². The minimum absolute atomic E-state index is 0.0104. The van der Waals surface area contributed by atoms with Crippen molar-refractivity contribution < 1.29 is 19.1 Å². The Morgan fingerprint density at radius 3 is 2.55 bits per heavy atom. The summed E-state index contributed by atoms with van der Waals surface area (Å²) in [5, 5.41) is 0. The number of hydrogen-bond acceptors (Lipinski definition) is 7. The number of anilines is 2. The van der Waals surface area contributed by atoms with Crippen LogP contribution in [0.2, 0.25) is 0 Å². The molecule has 166 valence electrons. The fraction of sp³-hybridized carbons (Fsp3) is 0.429. The number of rotatable bonds is 9. The van der Waals surface area contributed by atoms with Crippen LogP contribution in [0.15, 0.2) is 39.9 Å². The van der Waals surface area contributed by atoms with Gasteiger partial charge in [-0.25, -0.2) is 4.79 Å². The maximum absolute atomic E-state index is 12.8. The standard InChI is InChI=1S/C21H26N4O6/c1-13-10-15(13)20(28)31-12-16(26)24(8-9-30-2)17-18(22)25(21(29)23-19(17)27)11-14-6-4-3-5-7-14/h3-7,13,15H,8-12,22H2,1-2H3,(H,23,27,29)/t13-,15-/m0/s1. The number of amides is 1. The van der Waals surface area contributed by atoms with Crippen LogP contribution in [-0.4, -0.2) is 48.3 Å². The third-order valence-corrected chi connectivity index (χ3v) is 5.24. The van der Waals surface area contributed by atoms with Gasteiger partial charge >= 0.3 is 11.7 Å². The van der Waals surface area contributed by atoms with E-state index in [-0.39, 0.29) is 43.0 Å². The van der Waals surface area contributed by atoms with Crippen molar-refractivity contribution in [2.75, 3.05) is 37.5 Å². The van der Waals surface area contributed by atoms with Gasteiger partial charge in [-0.3, -0.25) is 28.8 Å². The number of benzene rings is 1. The molecule has 0 bridgehead atoms. The molecule has 2 aromatic rings. The van der Waals surface area contributed by atoms with Crippen molar-refractivity contribution in [3.05, 3.63) is 56.7 Å². The van der Waals surface area contributed by atoms with Gasteiger partial charge in [0, 0.05) is 13.7 Å². The van der Waals surface area contributed by atoms with Crippen LogP contribution in [0.1, 0.15) is 18.9 Å². The van der Waals surface area contributed by atoms with Gasteiger partial charge in [-0.1, -0.05) is 37.3 Å². The normalized spacial score (nSPS) is 17.2. The number of esters is 1. The molecule has 0 spiro atoms. The molecule has 0 aliphatic heterocycles. The molecule has 1 aromatic heterocycles. The van der Waals surface area contributed by atoms with Gasteiger partial charge in [-0.15, -0.1) is 0 Å². The average Bonchev–Trinajstić information content (AvgIpc) is 3.48. The minimum atomic E-state index is -0.807. The highest BCUT2D eigenvalue weighted by Gasteiger charge is 2.41. The Labute approximate surface area is 178 Å². The van der Waals surface area contributed by atoms with Crippen LogP contribution >= 0.6 is 0 Å². The summed E-state index contributed by atoms with van der Waals surface area (Å²) in [6.45, 7) is 1.59. The van der Waals surface area contributed by atoms with E-state index < -0.39 is 29.7 Å². The van der Waals surface area contributed by atoms with Crippen LogP contribution in [-0.2, 0) is 25.6 Å². The molecule has 3 rings (SSSR count). The summed E-state index contributed by atoms with van der Waals surface area (Å²) in [5.41, 5.74) is 5.28. The van der Waals surface area contributed by atoms with Gasteiger partial charge in [-0.2, -0.15) is 0 Å². The van der Waals surface area contributed by atoms with Crippen LogP contribution < -0.4 is 21.9 Å². The summed E-state index contributed by atoms with van der Waals surface area (Å²) in [6.07, 6.45) is 0.734. The summed E-state index contributed by atoms with van der Waals surface area (Å²) in [4.78, 5) is 53.1. The van der Waals surface area contributed by atoms with Crippen LogP contribution in [0.25, 0.3) is 0 Å². The van der Waals surface area contributed by atoms with Crippen molar-refractivity contribution in [1.29, 1.82) is 0 Å². The second-order valence-electron chi connectivity index (χ2n) is 7.53. The molecule has 1 aromatic carbocycles. The number of nitrogens with zero attached hydrogens (tertiary/aromatic N) is 2. The first-order valence-corrected chi connectivity index (χ1v) is 9.96. The van der Waals surface area contributed by atoms with E-state index in [2.05, 4.69) is 4.98 Å². The molecule has 1 aliphatic carbocycles. The van der Waals surface area contributed by atoms with E-state index in [9.17, 15) is 19.2 Å². The molecule has 3 N–H and O–H groups in total. The van der Waals surface area contributed by atoms with Crippen molar-refractivity contribution in [3.63, 3.8) is 0 Å². The highest BCUT2D eigenvalue weighted by atomic mass is 16.5. The van der Waals surface area contributed by atoms with Crippen molar-refractivity contribution >= 4 is 23.4 Å². The molecule has 1 amide bonds. The molecule has 1 fully saturated rings. The van der Waals surface area contributed by atoms with E-state index in [1.807, 2.05) is 37.3 Å². The first-order valence-electron chi connectivity index (χ1n) is 9.96. The first kappa shape index (κ1) is 22.3. The zero-order valence-electron chi connectivity index (χ0n) is 17.5. The van der Waals surface area contributed by atoms with E-state index >= 15 is 0 Å². The SMILES string of the molecule is COCCN(C(=O)COC(=O)[C@H]1C[C@@H]1C)c1c(N)n(Cc2ccccc2)c(=O)[nH]c1=O. The topological polar surface area (TPSA) is 137 Å². The molecule has 1 heterocycles. The number of aromatic nitrogens is 2. The molecular weight excluding hydrogens is 404 g/mol. The number of nitrogen functional groups attached to an aromatic ring is 1. The molecule has 10 heteroatoms. The van der Waals surface area contributed by atoms with E-state index in [1.165, 1.54) is 11.7 Å². The molecule has 1 aliphatic rings. The van der Waals surface area contributed by atoms with Crippen LogP contribution in [0.3, 0.4) is 0 Å². The number of ether oxygens (including phenoxy) is 2. The van der Waals surface area contributed by atoms with Gasteiger partial charge in [0.1, 0.15) is 5.82 Å². The molecule has 10 nitrogen and oxygen atoms in total. The Kier molecular flexibility index (Phi) is 6.91. The number of nitrogens with two attached hydrogens (primary N) is 1. The highest BCUT2D eigenvalue weighted by molar-refractivity contribution is 5.97. The monoisotopic (exact) mass is 430 g/mol. The summed E-state index contributed by atoms with van der Waals surface area (Å²) >= 11 is 0. The predicted octanol–water partition coefficient (Wildman–Crippen LogP) is 0.346. The Bertz CT molecular complexity index is 1060.